The second-order valence-electron chi connectivity index (χ2n) is 5.70. The number of amides is 1. The third kappa shape index (κ3) is 5.08. The van der Waals surface area contributed by atoms with E-state index in [1.807, 2.05) is 20.8 Å². The number of carbonyl (C=O) groups excluding carboxylic acids is 1. The summed E-state index contributed by atoms with van der Waals surface area (Å²) >= 11 is 0. The largest absolute Gasteiger partial charge is 0.352 e. The average molecular weight is 252 g/mol. The molecule has 1 amide bonds. The Balaban J connectivity index is 4.71. The minimum absolute atomic E-state index is 0.0816. The van der Waals surface area contributed by atoms with Crippen molar-refractivity contribution in [3.05, 3.63) is 0 Å². The molecule has 1 unspecified atom stereocenters. The maximum Gasteiger partial charge on any atom is 0.240 e. The van der Waals surface area contributed by atoms with Crippen LogP contribution < -0.4 is 5.32 Å². The molecule has 0 aromatic rings. The zero-order valence-electron chi connectivity index (χ0n) is 12.5. The minimum Gasteiger partial charge on any atom is -0.352 e. The van der Waals surface area contributed by atoms with Crippen LogP contribution in [0.1, 0.15) is 66.7 Å². The Labute approximate surface area is 112 Å². The van der Waals surface area contributed by atoms with Crippen molar-refractivity contribution in [3.63, 3.8) is 0 Å². The van der Waals surface area contributed by atoms with E-state index in [9.17, 15) is 10.1 Å². The topological polar surface area (TPSA) is 52.9 Å². The zero-order chi connectivity index (χ0) is 14.2. The van der Waals surface area contributed by atoms with Gasteiger partial charge >= 0.3 is 0 Å². The summed E-state index contributed by atoms with van der Waals surface area (Å²) in [5.41, 5.74) is -0.825. The van der Waals surface area contributed by atoms with Crippen LogP contribution in [0.2, 0.25) is 0 Å². The fraction of sp³-hybridized carbons (Fsp3) is 0.867. The van der Waals surface area contributed by atoms with Crippen molar-refractivity contribution in [2.45, 2.75) is 72.8 Å². The van der Waals surface area contributed by atoms with E-state index in [1.165, 1.54) is 0 Å². The van der Waals surface area contributed by atoms with Gasteiger partial charge in [0.2, 0.25) is 5.91 Å². The highest BCUT2D eigenvalue weighted by molar-refractivity contribution is 5.85. The van der Waals surface area contributed by atoms with Crippen molar-refractivity contribution < 1.29 is 4.79 Å². The molecule has 3 heteroatoms. The van der Waals surface area contributed by atoms with Crippen LogP contribution in [0.15, 0.2) is 0 Å². The Morgan fingerprint density at radius 3 is 2.06 bits per heavy atom. The van der Waals surface area contributed by atoms with E-state index >= 15 is 0 Å². The summed E-state index contributed by atoms with van der Waals surface area (Å²) in [4.78, 5) is 12.3. The highest BCUT2D eigenvalue weighted by Crippen LogP contribution is 2.29. The molecular formula is C15H28N2O. The number of nitrogens with zero attached hydrogens (tertiary/aromatic N) is 1. The van der Waals surface area contributed by atoms with Crippen LogP contribution in [0.4, 0.5) is 0 Å². The number of hydrogen-bond donors (Lipinski definition) is 1. The molecule has 0 saturated heterocycles. The second kappa shape index (κ2) is 8.13. The fourth-order valence-corrected chi connectivity index (χ4v) is 2.50. The number of hydrogen-bond acceptors (Lipinski definition) is 2. The van der Waals surface area contributed by atoms with Gasteiger partial charge in [-0.15, -0.1) is 0 Å². The van der Waals surface area contributed by atoms with Gasteiger partial charge < -0.3 is 5.32 Å². The summed E-state index contributed by atoms with van der Waals surface area (Å²) in [5.74, 6) is 0.469. The van der Waals surface area contributed by atoms with Gasteiger partial charge in [0.25, 0.3) is 0 Å². The lowest BCUT2D eigenvalue weighted by molar-refractivity contribution is -0.129. The minimum atomic E-state index is -0.825. The van der Waals surface area contributed by atoms with Gasteiger partial charge in [-0.3, -0.25) is 4.79 Å². The van der Waals surface area contributed by atoms with Crippen molar-refractivity contribution >= 4 is 5.91 Å². The van der Waals surface area contributed by atoms with Crippen molar-refractivity contribution in [3.8, 4) is 6.07 Å². The van der Waals surface area contributed by atoms with E-state index < -0.39 is 5.41 Å². The molecule has 0 bridgehead atoms. The van der Waals surface area contributed by atoms with Gasteiger partial charge in [-0.1, -0.05) is 40.5 Å². The van der Waals surface area contributed by atoms with Crippen LogP contribution in [-0.2, 0) is 4.79 Å². The van der Waals surface area contributed by atoms with Crippen LogP contribution in [0.3, 0.4) is 0 Å². The SMILES string of the molecule is CCCC(C#N)(CCC)C(=O)NC(C)CC(C)C. The molecule has 0 aliphatic rings. The van der Waals surface area contributed by atoms with Gasteiger partial charge in [0, 0.05) is 6.04 Å². The van der Waals surface area contributed by atoms with Gasteiger partial charge in [-0.2, -0.15) is 5.26 Å². The summed E-state index contributed by atoms with van der Waals surface area (Å²) in [6.07, 6.45) is 3.97. The molecule has 3 nitrogen and oxygen atoms in total. The molecule has 0 heterocycles. The normalized spacial score (nSPS) is 13.2. The molecule has 1 atom stereocenters. The lowest BCUT2D eigenvalue weighted by Crippen LogP contribution is -2.44. The van der Waals surface area contributed by atoms with Gasteiger partial charge in [0.15, 0.2) is 0 Å². The molecule has 1 N–H and O–H groups in total. The average Bonchev–Trinajstić information content (AvgIpc) is 2.27. The van der Waals surface area contributed by atoms with E-state index in [2.05, 4.69) is 25.2 Å². The van der Waals surface area contributed by atoms with Gasteiger partial charge in [-0.25, -0.2) is 0 Å². The smallest absolute Gasteiger partial charge is 0.240 e. The third-order valence-corrected chi connectivity index (χ3v) is 3.20. The van der Waals surface area contributed by atoms with Gasteiger partial charge in [0.05, 0.1) is 6.07 Å². The van der Waals surface area contributed by atoms with E-state index in [-0.39, 0.29) is 11.9 Å². The van der Waals surface area contributed by atoms with Crippen LogP contribution in [-0.4, -0.2) is 11.9 Å². The molecule has 0 fully saturated rings. The van der Waals surface area contributed by atoms with E-state index in [0.29, 0.717) is 18.8 Å². The Hall–Kier alpha value is -1.04. The highest BCUT2D eigenvalue weighted by Gasteiger charge is 2.37. The van der Waals surface area contributed by atoms with Crippen molar-refractivity contribution in [2.75, 3.05) is 0 Å². The first-order valence-electron chi connectivity index (χ1n) is 7.14. The number of nitriles is 1. The van der Waals surface area contributed by atoms with Gasteiger partial charge in [-0.05, 0) is 32.1 Å². The first-order valence-corrected chi connectivity index (χ1v) is 7.14. The monoisotopic (exact) mass is 252 g/mol. The quantitative estimate of drug-likeness (QED) is 0.717. The maximum absolute atomic E-state index is 12.3. The van der Waals surface area contributed by atoms with E-state index in [4.69, 9.17) is 0 Å². The summed E-state index contributed by atoms with van der Waals surface area (Å²) < 4.78 is 0. The van der Waals surface area contributed by atoms with Gasteiger partial charge in [0.1, 0.15) is 5.41 Å². The molecular weight excluding hydrogens is 224 g/mol. The lowest BCUT2D eigenvalue weighted by atomic mass is 9.79. The fourth-order valence-electron chi connectivity index (χ4n) is 2.50. The predicted molar refractivity (Wildman–Crippen MR) is 74.9 cm³/mol. The van der Waals surface area contributed by atoms with Crippen molar-refractivity contribution in [1.29, 1.82) is 5.26 Å². The Bertz CT molecular complexity index is 285. The zero-order valence-corrected chi connectivity index (χ0v) is 12.5. The van der Waals surface area contributed by atoms with E-state index in [0.717, 1.165) is 19.3 Å². The standard InChI is InChI=1S/C15H28N2O/c1-6-8-15(11-16,9-7-2)14(18)17-13(5)10-12(3)4/h12-13H,6-10H2,1-5H3,(H,17,18). The molecule has 0 aromatic heterocycles. The molecule has 18 heavy (non-hydrogen) atoms. The maximum atomic E-state index is 12.3. The predicted octanol–water partition coefficient (Wildman–Crippen LogP) is 3.65. The molecule has 0 aromatic carbocycles. The van der Waals surface area contributed by atoms with Crippen LogP contribution in [0.5, 0.6) is 0 Å². The third-order valence-electron chi connectivity index (χ3n) is 3.20. The summed E-state index contributed by atoms with van der Waals surface area (Å²) in [5, 5.41) is 12.4. The number of rotatable bonds is 8. The molecule has 0 rings (SSSR count). The Kier molecular flexibility index (Phi) is 7.66. The molecule has 0 saturated carbocycles. The van der Waals surface area contributed by atoms with E-state index in [1.54, 1.807) is 0 Å². The Morgan fingerprint density at radius 1 is 1.22 bits per heavy atom. The Morgan fingerprint density at radius 2 is 1.72 bits per heavy atom. The summed E-state index contributed by atoms with van der Waals surface area (Å²) in [6, 6.07) is 2.40. The number of carbonyl (C=O) groups is 1. The first kappa shape index (κ1) is 17.0. The molecule has 0 spiro atoms. The van der Waals surface area contributed by atoms with Crippen molar-refractivity contribution in [1.82, 2.24) is 5.32 Å². The second-order valence-corrected chi connectivity index (χ2v) is 5.70. The van der Waals surface area contributed by atoms with Crippen LogP contribution in [0.25, 0.3) is 0 Å². The molecule has 0 aliphatic carbocycles. The lowest BCUT2D eigenvalue weighted by Gasteiger charge is -2.27. The van der Waals surface area contributed by atoms with Crippen molar-refractivity contribution in [2.24, 2.45) is 11.3 Å². The van der Waals surface area contributed by atoms with Crippen LogP contribution >= 0.6 is 0 Å². The first-order chi connectivity index (χ1) is 8.41. The molecule has 0 aliphatic heterocycles. The van der Waals surface area contributed by atoms with Crippen LogP contribution in [0, 0.1) is 22.7 Å². The molecule has 0 radical (unpaired) electrons. The highest BCUT2D eigenvalue weighted by atomic mass is 16.2. The number of nitrogens with one attached hydrogen (secondary N) is 1. The summed E-state index contributed by atoms with van der Waals surface area (Å²) in [6.45, 7) is 10.3. The summed E-state index contributed by atoms with van der Waals surface area (Å²) in [7, 11) is 0. The molecule has 104 valence electrons.